The maximum absolute atomic E-state index is 14.5. The number of imidazole rings is 1. The number of carbonyl (C=O) groups excluding carboxylic acids is 1. The number of hydrogen-bond acceptors (Lipinski definition) is 7. The molecule has 1 saturated carbocycles. The molecule has 1 saturated heterocycles. The second kappa shape index (κ2) is 9.81. The van der Waals surface area contributed by atoms with Gasteiger partial charge in [-0.2, -0.15) is 4.98 Å². The molecule has 12 heteroatoms. The van der Waals surface area contributed by atoms with E-state index in [0.717, 1.165) is 12.8 Å². The molecular weight excluding hydrogens is 487 g/mol. The molecule has 2 aromatic heterocycles. The average Bonchev–Trinajstić information content (AvgIpc) is 3.49. The van der Waals surface area contributed by atoms with Gasteiger partial charge in [-0.25, -0.2) is 23.1 Å². The Morgan fingerprint density at radius 1 is 1.11 bits per heavy atom. The van der Waals surface area contributed by atoms with Gasteiger partial charge < -0.3 is 20.6 Å². The number of nitrogens with one attached hydrogen (secondary N) is 2. The van der Waals surface area contributed by atoms with Crippen molar-refractivity contribution in [3.63, 3.8) is 0 Å². The van der Waals surface area contributed by atoms with Crippen molar-refractivity contribution >= 4 is 34.7 Å². The number of fused-ring (bicyclic) bond motifs is 1. The minimum Gasteiger partial charge on any atom is -0.380 e. The summed E-state index contributed by atoms with van der Waals surface area (Å²) < 4.78 is 44.2. The Kier molecular flexibility index (Phi) is 6.69. The second-order valence-electron chi connectivity index (χ2n) is 10.1. The van der Waals surface area contributed by atoms with Crippen molar-refractivity contribution in [2.45, 2.75) is 70.1 Å². The van der Waals surface area contributed by atoms with Crippen LogP contribution in [0.1, 0.15) is 58.4 Å². The molecule has 5 rings (SSSR count). The van der Waals surface area contributed by atoms with E-state index in [4.69, 9.17) is 0 Å². The van der Waals surface area contributed by atoms with Gasteiger partial charge in [0.1, 0.15) is 22.6 Å². The van der Waals surface area contributed by atoms with E-state index in [0.29, 0.717) is 55.2 Å². The van der Waals surface area contributed by atoms with Gasteiger partial charge in [-0.3, -0.25) is 9.36 Å². The number of likely N-dealkylation sites (tertiary alicyclic amines) is 1. The SMILES string of the molecule is CC(C)Nc1ncc2nc(Nc3c(F)cc(F)cc3F)n(C3CCC(O)(C(=O)N4CCCC4)CC3)c2n1. The van der Waals surface area contributed by atoms with Gasteiger partial charge in [-0.05, 0) is 52.4 Å². The summed E-state index contributed by atoms with van der Waals surface area (Å²) in [5, 5.41) is 17.0. The van der Waals surface area contributed by atoms with Gasteiger partial charge in [0.25, 0.3) is 5.91 Å². The number of rotatable bonds is 6. The number of amides is 1. The summed E-state index contributed by atoms with van der Waals surface area (Å²) >= 11 is 0. The Labute approximate surface area is 212 Å². The Hall–Kier alpha value is -3.41. The van der Waals surface area contributed by atoms with Crippen molar-refractivity contribution in [3.05, 3.63) is 35.8 Å². The molecule has 3 N–H and O–H groups in total. The highest BCUT2D eigenvalue weighted by atomic mass is 19.1. The third kappa shape index (κ3) is 4.94. The molecule has 0 unspecified atom stereocenters. The van der Waals surface area contributed by atoms with Crippen molar-refractivity contribution < 1.29 is 23.1 Å². The Balaban J connectivity index is 1.50. The second-order valence-corrected chi connectivity index (χ2v) is 10.1. The lowest BCUT2D eigenvalue weighted by Crippen LogP contribution is -2.50. The zero-order valence-electron chi connectivity index (χ0n) is 20.8. The summed E-state index contributed by atoms with van der Waals surface area (Å²) in [6.45, 7) is 5.19. The minimum atomic E-state index is -1.45. The molecule has 1 aliphatic carbocycles. The van der Waals surface area contributed by atoms with Crippen LogP contribution in [0.2, 0.25) is 0 Å². The highest BCUT2D eigenvalue weighted by Crippen LogP contribution is 2.40. The molecule has 3 aromatic rings. The van der Waals surface area contributed by atoms with Gasteiger partial charge in [0.05, 0.1) is 6.20 Å². The van der Waals surface area contributed by atoms with Crippen LogP contribution >= 0.6 is 0 Å². The average molecular weight is 518 g/mol. The summed E-state index contributed by atoms with van der Waals surface area (Å²) in [6, 6.07) is 0.976. The summed E-state index contributed by atoms with van der Waals surface area (Å²) in [5.41, 5.74) is -1.15. The van der Waals surface area contributed by atoms with Crippen LogP contribution in [0.4, 0.5) is 30.8 Å². The fourth-order valence-electron chi connectivity index (χ4n) is 5.19. The number of carbonyl (C=O) groups is 1. The van der Waals surface area contributed by atoms with Gasteiger partial charge in [-0.1, -0.05) is 0 Å². The first-order valence-electron chi connectivity index (χ1n) is 12.6. The first kappa shape index (κ1) is 25.2. The van der Waals surface area contributed by atoms with Gasteiger partial charge in [0.2, 0.25) is 11.9 Å². The van der Waals surface area contributed by atoms with Crippen molar-refractivity contribution in [2.24, 2.45) is 0 Å². The van der Waals surface area contributed by atoms with Crippen LogP contribution in [0.3, 0.4) is 0 Å². The number of aromatic nitrogens is 4. The number of halogens is 3. The molecular formula is C25H30F3N7O2. The molecule has 0 atom stereocenters. The van der Waals surface area contributed by atoms with E-state index >= 15 is 0 Å². The van der Waals surface area contributed by atoms with Crippen molar-refractivity contribution in [1.29, 1.82) is 0 Å². The lowest BCUT2D eigenvalue weighted by molar-refractivity contribution is -0.154. The molecule has 0 spiro atoms. The molecule has 0 bridgehead atoms. The van der Waals surface area contributed by atoms with Crippen LogP contribution in [-0.2, 0) is 4.79 Å². The van der Waals surface area contributed by atoms with Gasteiger partial charge in [-0.15, -0.1) is 0 Å². The number of hydrogen-bond donors (Lipinski definition) is 3. The Morgan fingerprint density at radius 3 is 2.38 bits per heavy atom. The van der Waals surface area contributed by atoms with Crippen molar-refractivity contribution in [1.82, 2.24) is 24.4 Å². The van der Waals surface area contributed by atoms with Crippen LogP contribution in [0.15, 0.2) is 18.3 Å². The maximum Gasteiger partial charge on any atom is 0.254 e. The molecule has 2 aliphatic rings. The zero-order chi connectivity index (χ0) is 26.3. The highest BCUT2D eigenvalue weighted by Gasteiger charge is 2.43. The zero-order valence-corrected chi connectivity index (χ0v) is 20.8. The molecule has 2 fully saturated rings. The van der Waals surface area contributed by atoms with E-state index < -0.39 is 28.7 Å². The smallest absolute Gasteiger partial charge is 0.254 e. The predicted octanol–water partition coefficient (Wildman–Crippen LogP) is 4.28. The van der Waals surface area contributed by atoms with Crippen molar-refractivity contribution in [2.75, 3.05) is 23.7 Å². The molecule has 1 aromatic carbocycles. The van der Waals surface area contributed by atoms with Crippen LogP contribution in [-0.4, -0.2) is 60.2 Å². The molecule has 9 nitrogen and oxygen atoms in total. The van der Waals surface area contributed by atoms with Crippen LogP contribution in [0.5, 0.6) is 0 Å². The molecule has 3 heterocycles. The first-order valence-corrected chi connectivity index (χ1v) is 12.6. The summed E-state index contributed by atoms with van der Waals surface area (Å²) in [4.78, 5) is 28.1. The summed E-state index contributed by atoms with van der Waals surface area (Å²) in [5.74, 6) is -2.99. The third-order valence-electron chi connectivity index (χ3n) is 7.03. The Morgan fingerprint density at radius 2 is 1.76 bits per heavy atom. The van der Waals surface area contributed by atoms with E-state index in [1.165, 1.54) is 6.20 Å². The minimum absolute atomic E-state index is 0.0649. The van der Waals surface area contributed by atoms with Gasteiger partial charge in [0, 0.05) is 37.3 Å². The predicted molar refractivity (Wildman–Crippen MR) is 132 cm³/mol. The number of nitrogens with zero attached hydrogens (tertiary/aromatic N) is 5. The monoisotopic (exact) mass is 517 g/mol. The largest absolute Gasteiger partial charge is 0.380 e. The van der Waals surface area contributed by atoms with E-state index in [-0.39, 0.29) is 36.8 Å². The van der Waals surface area contributed by atoms with E-state index in [1.54, 1.807) is 9.47 Å². The van der Waals surface area contributed by atoms with Crippen LogP contribution < -0.4 is 10.6 Å². The number of benzene rings is 1. The van der Waals surface area contributed by atoms with E-state index in [9.17, 15) is 23.1 Å². The lowest BCUT2D eigenvalue weighted by Gasteiger charge is -2.38. The van der Waals surface area contributed by atoms with Crippen LogP contribution in [0, 0.1) is 17.5 Å². The molecule has 198 valence electrons. The third-order valence-corrected chi connectivity index (χ3v) is 7.03. The molecule has 37 heavy (non-hydrogen) atoms. The van der Waals surface area contributed by atoms with Gasteiger partial charge >= 0.3 is 0 Å². The topological polar surface area (TPSA) is 108 Å². The Bertz CT molecular complexity index is 1290. The molecule has 1 amide bonds. The van der Waals surface area contributed by atoms with Crippen LogP contribution in [0.25, 0.3) is 11.2 Å². The van der Waals surface area contributed by atoms with E-state index in [1.807, 2.05) is 13.8 Å². The normalized spacial score (nSPS) is 22.1. The highest BCUT2D eigenvalue weighted by molar-refractivity contribution is 5.85. The van der Waals surface area contributed by atoms with Crippen molar-refractivity contribution in [3.8, 4) is 0 Å². The fraction of sp³-hybridized carbons (Fsp3) is 0.520. The maximum atomic E-state index is 14.5. The quantitative estimate of drug-likeness (QED) is 0.448. The lowest BCUT2D eigenvalue weighted by atomic mass is 9.81. The first-order chi connectivity index (χ1) is 17.6. The summed E-state index contributed by atoms with van der Waals surface area (Å²) in [6.07, 6.45) is 4.68. The number of anilines is 3. The molecule has 1 aliphatic heterocycles. The van der Waals surface area contributed by atoms with Gasteiger partial charge in [0.15, 0.2) is 17.3 Å². The van der Waals surface area contributed by atoms with E-state index in [2.05, 4.69) is 25.6 Å². The standard InChI is InChI=1S/C25H30F3N7O2/c1-14(2)30-23-29-13-19-21(33-23)35(24(31-19)32-20-17(27)11-15(26)12-18(20)28)16-5-7-25(37,8-6-16)22(36)34-9-3-4-10-34/h11-14,16,37H,3-10H2,1-2H3,(H,31,32)(H,29,30,33). The summed E-state index contributed by atoms with van der Waals surface area (Å²) in [7, 11) is 0. The fourth-order valence-corrected chi connectivity index (χ4v) is 5.19. The molecule has 0 radical (unpaired) electrons. The number of aliphatic hydroxyl groups is 1.